The van der Waals surface area contributed by atoms with Crippen molar-refractivity contribution in [3.05, 3.63) is 78.4 Å². The number of sulfonamides is 1. The lowest BCUT2D eigenvalue weighted by molar-refractivity contribution is -0.114. The number of para-hydroxylation sites is 1. The fourth-order valence-electron chi connectivity index (χ4n) is 3.47. The fourth-order valence-corrected chi connectivity index (χ4v) is 4.90. The van der Waals surface area contributed by atoms with Crippen LogP contribution in [0.5, 0.6) is 11.5 Å². The summed E-state index contributed by atoms with van der Waals surface area (Å²) in [5, 5.41) is 5.46. The van der Waals surface area contributed by atoms with E-state index < -0.39 is 22.5 Å². The van der Waals surface area contributed by atoms with Crippen molar-refractivity contribution in [1.29, 1.82) is 0 Å². The molecule has 0 saturated carbocycles. The summed E-state index contributed by atoms with van der Waals surface area (Å²) in [5.41, 5.74) is 0.741. The Hall–Kier alpha value is -4.05. The smallest absolute Gasteiger partial charge is 0.264 e. The highest BCUT2D eigenvalue weighted by molar-refractivity contribution is 7.92. The number of nitrogens with zero attached hydrogens (tertiary/aromatic N) is 1. The number of carbonyl (C=O) groups is 2. The van der Waals surface area contributed by atoms with Crippen LogP contribution in [0, 0.1) is 0 Å². The van der Waals surface area contributed by atoms with Crippen LogP contribution in [-0.2, 0) is 14.8 Å². The Morgan fingerprint density at radius 3 is 2.17 bits per heavy atom. The summed E-state index contributed by atoms with van der Waals surface area (Å²) in [6.45, 7) is 3.11. The predicted octanol–water partition coefficient (Wildman–Crippen LogP) is 3.68. The molecule has 0 aliphatic heterocycles. The molecule has 0 atom stereocenters. The average molecular weight is 512 g/mol. The molecule has 0 radical (unpaired) electrons. The van der Waals surface area contributed by atoms with E-state index in [4.69, 9.17) is 9.47 Å². The van der Waals surface area contributed by atoms with Gasteiger partial charge in [-0.2, -0.15) is 0 Å². The van der Waals surface area contributed by atoms with Crippen LogP contribution < -0.4 is 24.4 Å². The Labute approximate surface area is 211 Å². The van der Waals surface area contributed by atoms with Gasteiger partial charge in [0.25, 0.3) is 15.9 Å². The molecule has 0 fully saturated rings. The lowest BCUT2D eigenvalue weighted by Crippen LogP contribution is -2.38. The second kappa shape index (κ2) is 11.6. The van der Waals surface area contributed by atoms with Crippen molar-refractivity contribution < 1.29 is 27.5 Å². The molecule has 0 aliphatic carbocycles. The van der Waals surface area contributed by atoms with Crippen LogP contribution in [0.4, 0.5) is 11.4 Å². The topological polar surface area (TPSA) is 114 Å². The maximum atomic E-state index is 13.6. The summed E-state index contributed by atoms with van der Waals surface area (Å²) in [6.07, 6.45) is 0. The van der Waals surface area contributed by atoms with E-state index in [9.17, 15) is 18.0 Å². The van der Waals surface area contributed by atoms with Gasteiger partial charge >= 0.3 is 0 Å². The molecular weight excluding hydrogens is 482 g/mol. The molecule has 190 valence electrons. The van der Waals surface area contributed by atoms with Gasteiger partial charge in [-0.25, -0.2) is 8.42 Å². The molecule has 3 aromatic rings. The van der Waals surface area contributed by atoms with Crippen LogP contribution in [0.25, 0.3) is 0 Å². The number of hydrogen-bond acceptors (Lipinski definition) is 6. The van der Waals surface area contributed by atoms with Gasteiger partial charge in [0.2, 0.25) is 5.91 Å². The van der Waals surface area contributed by atoms with Gasteiger partial charge in [0, 0.05) is 12.1 Å². The van der Waals surface area contributed by atoms with Gasteiger partial charge in [0.05, 0.1) is 36.1 Å². The number of methoxy groups -OCH3 is 2. The van der Waals surface area contributed by atoms with Crippen LogP contribution in [0.3, 0.4) is 0 Å². The van der Waals surface area contributed by atoms with Crippen LogP contribution in [0.15, 0.2) is 77.7 Å². The highest BCUT2D eigenvalue weighted by Gasteiger charge is 2.28. The molecule has 3 rings (SSSR count). The number of amides is 2. The summed E-state index contributed by atoms with van der Waals surface area (Å²) >= 11 is 0. The van der Waals surface area contributed by atoms with Gasteiger partial charge in [-0.15, -0.1) is 0 Å². The zero-order valence-corrected chi connectivity index (χ0v) is 21.3. The van der Waals surface area contributed by atoms with Crippen LogP contribution in [0.2, 0.25) is 0 Å². The summed E-state index contributed by atoms with van der Waals surface area (Å²) in [6, 6.07) is 18.8. The molecule has 0 aromatic heterocycles. The van der Waals surface area contributed by atoms with Crippen molar-refractivity contribution in [2.45, 2.75) is 24.8 Å². The first kappa shape index (κ1) is 26.6. The molecule has 10 heteroatoms. The largest absolute Gasteiger partial charge is 0.493 e. The molecule has 2 amide bonds. The molecule has 0 bridgehead atoms. The van der Waals surface area contributed by atoms with E-state index in [0.29, 0.717) is 11.5 Å². The number of rotatable bonds is 10. The van der Waals surface area contributed by atoms with Crippen molar-refractivity contribution in [1.82, 2.24) is 5.32 Å². The lowest BCUT2D eigenvalue weighted by Gasteiger charge is -2.25. The minimum atomic E-state index is -4.13. The minimum absolute atomic E-state index is 0.0179. The second-order valence-electron chi connectivity index (χ2n) is 8.09. The van der Waals surface area contributed by atoms with E-state index >= 15 is 0 Å². The molecule has 2 N–H and O–H groups in total. The van der Waals surface area contributed by atoms with Gasteiger partial charge in [-0.1, -0.05) is 30.3 Å². The zero-order valence-electron chi connectivity index (χ0n) is 20.5. The van der Waals surface area contributed by atoms with Gasteiger partial charge in [0.1, 0.15) is 6.54 Å². The molecule has 9 nitrogen and oxygen atoms in total. The predicted molar refractivity (Wildman–Crippen MR) is 138 cm³/mol. The third-order valence-corrected chi connectivity index (χ3v) is 6.93. The molecular formula is C26H29N3O6S. The van der Waals surface area contributed by atoms with Gasteiger partial charge in [-0.05, 0) is 50.2 Å². The van der Waals surface area contributed by atoms with Crippen molar-refractivity contribution in [2.24, 2.45) is 0 Å². The van der Waals surface area contributed by atoms with Gasteiger partial charge in [-0.3, -0.25) is 13.9 Å². The SMILES string of the molecule is COc1ccc(N(CC(=O)Nc2ccccc2C(=O)NC(C)C)S(=O)(=O)c2ccccc2)cc1OC. The van der Waals surface area contributed by atoms with Crippen LogP contribution in [0.1, 0.15) is 24.2 Å². The summed E-state index contributed by atoms with van der Waals surface area (Å²) in [4.78, 5) is 25.7. The fraction of sp³-hybridized carbons (Fsp3) is 0.231. The third-order valence-electron chi connectivity index (χ3n) is 5.14. The Balaban J connectivity index is 1.98. The number of ether oxygens (including phenoxy) is 2. The molecule has 36 heavy (non-hydrogen) atoms. The quantitative estimate of drug-likeness (QED) is 0.429. The van der Waals surface area contributed by atoms with Crippen molar-refractivity contribution >= 4 is 33.2 Å². The number of hydrogen-bond donors (Lipinski definition) is 2. The van der Waals surface area contributed by atoms with E-state index in [1.165, 1.54) is 38.5 Å². The van der Waals surface area contributed by atoms with Crippen LogP contribution in [-0.4, -0.2) is 47.0 Å². The summed E-state index contributed by atoms with van der Waals surface area (Å²) in [7, 11) is -1.23. The Bertz CT molecular complexity index is 1330. The molecule has 3 aromatic carbocycles. The molecule has 0 spiro atoms. The average Bonchev–Trinajstić information content (AvgIpc) is 2.87. The highest BCUT2D eigenvalue weighted by Crippen LogP contribution is 2.33. The molecule has 0 aliphatic rings. The molecule has 0 unspecified atom stereocenters. The zero-order chi connectivity index (χ0) is 26.3. The standard InChI is InChI=1S/C26H29N3O6S/c1-18(2)27-26(31)21-12-8-9-13-22(21)28-25(30)17-29(36(32,33)20-10-6-5-7-11-20)19-14-15-23(34-3)24(16-19)35-4/h5-16,18H,17H2,1-4H3,(H,27,31)(H,28,30). The van der Waals surface area contributed by atoms with Gasteiger partial charge < -0.3 is 20.1 Å². The van der Waals surface area contributed by atoms with Crippen molar-refractivity contribution in [3.8, 4) is 11.5 Å². The Morgan fingerprint density at radius 2 is 1.53 bits per heavy atom. The van der Waals surface area contributed by atoms with E-state index in [-0.39, 0.29) is 33.8 Å². The van der Waals surface area contributed by atoms with Gasteiger partial charge in [0.15, 0.2) is 11.5 Å². The monoisotopic (exact) mass is 511 g/mol. The number of carbonyl (C=O) groups excluding carboxylic acids is 2. The molecule has 0 saturated heterocycles. The maximum absolute atomic E-state index is 13.6. The van der Waals surface area contributed by atoms with Crippen molar-refractivity contribution in [2.75, 3.05) is 30.4 Å². The summed E-state index contributed by atoms with van der Waals surface area (Å²) < 4.78 is 38.7. The second-order valence-corrected chi connectivity index (χ2v) is 9.95. The van der Waals surface area contributed by atoms with E-state index in [1.807, 2.05) is 13.8 Å². The Kier molecular flexibility index (Phi) is 8.55. The first-order valence-electron chi connectivity index (χ1n) is 11.2. The van der Waals surface area contributed by atoms with Crippen LogP contribution >= 0.6 is 0 Å². The third kappa shape index (κ3) is 6.14. The normalized spacial score (nSPS) is 11.0. The number of benzene rings is 3. The highest BCUT2D eigenvalue weighted by atomic mass is 32.2. The van der Waals surface area contributed by atoms with Crippen molar-refractivity contribution in [3.63, 3.8) is 0 Å². The van der Waals surface area contributed by atoms with E-state index in [2.05, 4.69) is 10.6 Å². The lowest BCUT2D eigenvalue weighted by atomic mass is 10.1. The number of nitrogens with one attached hydrogen (secondary N) is 2. The maximum Gasteiger partial charge on any atom is 0.264 e. The Morgan fingerprint density at radius 1 is 0.889 bits per heavy atom. The first-order valence-corrected chi connectivity index (χ1v) is 12.6. The summed E-state index contributed by atoms with van der Waals surface area (Å²) in [5.74, 6) is -0.268. The molecule has 0 heterocycles. The number of anilines is 2. The van der Waals surface area contributed by atoms with E-state index in [0.717, 1.165) is 4.31 Å². The minimum Gasteiger partial charge on any atom is -0.493 e. The van der Waals surface area contributed by atoms with E-state index in [1.54, 1.807) is 48.5 Å². The first-order chi connectivity index (χ1) is 17.2.